The minimum Gasteiger partial charge on any atom is -0.308 e. The fourth-order valence-electron chi connectivity index (χ4n) is 7.62. The third-order valence-electron chi connectivity index (χ3n) is 9.56. The first-order valence-corrected chi connectivity index (χ1v) is 16.6. The maximum absolute atomic E-state index is 10.5. The molecule has 3 aromatic heterocycles. The molecule has 10 rings (SSSR count). The lowest BCUT2D eigenvalue weighted by molar-refractivity contribution is 1.17. The highest BCUT2D eigenvalue weighted by molar-refractivity contribution is 7.27. The van der Waals surface area contributed by atoms with E-state index in [4.69, 9.17) is 0 Å². The summed E-state index contributed by atoms with van der Waals surface area (Å²) >= 11 is 1.85. The number of hydrogen-bond donors (Lipinski definition) is 0. The number of rotatable bonds is 3. The average molecular weight is 616 g/mol. The maximum atomic E-state index is 10.5. The lowest BCUT2D eigenvalue weighted by atomic mass is 9.98. The number of benzene rings is 7. The lowest BCUT2D eigenvalue weighted by Gasteiger charge is -2.16. The van der Waals surface area contributed by atoms with Crippen molar-refractivity contribution in [1.29, 1.82) is 5.26 Å². The smallest absolute Gasteiger partial charge is 0.101 e. The van der Waals surface area contributed by atoms with Gasteiger partial charge in [0.15, 0.2) is 0 Å². The number of hydrogen-bond acceptors (Lipinski definition) is 2. The van der Waals surface area contributed by atoms with Crippen molar-refractivity contribution in [3.63, 3.8) is 0 Å². The molecule has 7 aromatic carbocycles. The summed E-state index contributed by atoms with van der Waals surface area (Å²) in [5.74, 6) is 0. The largest absolute Gasteiger partial charge is 0.308 e. The SMILES string of the molecule is N#Cc1cccc(-c2cccc3c2sc2c3ccc3c4ccccc4n(-c4ccccc4)c32)c1-n1c2ccccc2c2ccccc21. The first-order chi connectivity index (χ1) is 23.3. The molecular weight excluding hydrogens is 591 g/mol. The third-order valence-corrected chi connectivity index (χ3v) is 10.8. The predicted molar refractivity (Wildman–Crippen MR) is 198 cm³/mol. The van der Waals surface area contributed by atoms with Crippen LogP contribution in [0, 0.1) is 11.3 Å². The van der Waals surface area contributed by atoms with Crippen LogP contribution in [0.4, 0.5) is 0 Å². The Morgan fingerprint density at radius 1 is 0.426 bits per heavy atom. The Morgan fingerprint density at radius 3 is 1.66 bits per heavy atom. The summed E-state index contributed by atoms with van der Waals surface area (Å²) in [5.41, 5.74) is 9.52. The Bertz CT molecular complexity index is 2860. The second-order valence-electron chi connectivity index (χ2n) is 12.0. The molecule has 0 radical (unpaired) electrons. The number of nitrogens with zero attached hydrogens (tertiary/aromatic N) is 3. The van der Waals surface area contributed by atoms with E-state index in [1.165, 1.54) is 52.8 Å². The van der Waals surface area contributed by atoms with E-state index in [2.05, 4.69) is 155 Å². The van der Waals surface area contributed by atoms with Crippen LogP contribution in [0.3, 0.4) is 0 Å². The van der Waals surface area contributed by atoms with Gasteiger partial charge >= 0.3 is 0 Å². The van der Waals surface area contributed by atoms with Gasteiger partial charge in [0.2, 0.25) is 0 Å². The number of para-hydroxylation sites is 5. The molecule has 0 aliphatic heterocycles. The molecule has 0 fully saturated rings. The Kier molecular flexibility index (Phi) is 5.51. The standard InChI is InChI=1S/C43H25N3S/c44-26-27-12-10-18-32(40(27)46-38-22-8-4-15-29(38)30-16-5-9-23-39(30)46)34-19-11-20-35-36-25-24-33-31-17-6-7-21-37(31)45(28-13-2-1-3-14-28)41(33)43(36)47-42(34)35/h1-25H. The Labute approximate surface area is 274 Å². The van der Waals surface area contributed by atoms with Crippen LogP contribution in [0.2, 0.25) is 0 Å². The Hall–Kier alpha value is -6.15. The van der Waals surface area contributed by atoms with Gasteiger partial charge < -0.3 is 9.13 Å². The highest BCUT2D eigenvalue weighted by Gasteiger charge is 2.22. The minimum absolute atomic E-state index is 0.652. The van der Waals surface area contributed by atoms with Gasteiger partial charge in [0.25, 0.3) is 0 Å². The molecule has 0 aliphatic carbocycles. The van der Waals surface area contributed by atoms with Crippen LogP contribution in [-0.4, -0.2) is 9.13 Å². The highest BCUT2D eigenvalue weighted by atomic mass is 32.1. The van der Waals surface area contributed by atoms with E-state index >= 15 is 0 Å². The summed E-state index contributed by atoms with van der Waals surface area (Å²) in [7, 11) is 0. The van der Waals surface area contributed by atoms with Crippen molar-refractivity contribution in [2.75, 3.05) is 0 Å². The molecule has 0 aliphatic rings. The van der Waals surface area contributed by atoms with Crippen LogP contribution in [0.5, 0.6) is 0 Å². The van der Waals surface area contributed by atoms with E-state index < -0.39 is 0 Å². The van der Waals surface area contributed by atoms with Crippen LogP contribution < -0.4 is 0 Å². The predicted octanol–water partition coefficient (Wildman–Crippen LogP) is 11.8. The molecule has 10 aromatic rings. The van der Waals surface area contributed by atoms with Crippen LogP contribution in [-0.2, 0) is 0 Å². The first-order valence-electron chi connectivity index (χ1n) is 15.8. The lowest BCUT2D eigenvalue weighted by Crippen LogP contribution is -2.00. The second-order valence-corrected chi connectivity index (χ2v) is 13.0. The normalized spacial score (nSPS) is 11.8. The van der Waals surface area contributed by atoms with E-state index in [9.17, 15) is 5.26 Å². The molecule has 0 unspecified atom stereocenters. The topological polar surface area (TPSA) is 33.6 Å². The number of aromatic nitrogens is 2. The second kappa shape index (κ2) is 9.92. The van der Waals surface area contributed by atoms with Crippen molar-refractivity contribution in [2.24, 2.45) is 0 Å². The van der Waals surface area contributed by atoms with E-state index in [1.807, 2.05) is 23.5 Å². The Balaban J connectivity index is 1.33. The van der Waals surface area contributed by atoms with Crippen molar-refractivity contribution in [3.05, 3.63) is 157 Å². The maximum Gasteiger partial charge on any atom is 0.101 e. The number of fused-ring (bicyclic) bond motifs is 10. The highest BCUT2D eigenvalue weighted by Crippen LogP contribution is 2.47. The van der Waals surface area contributed by atoms with Gasteiger partial charge in [-0.15, -0.1) is 11.3 Å². The average Bonchev–Trinajstić information content (AvgIpc) is 3.79. The van der Waals surface area contributed by atoms with Crippen molar-refractivity contribution < 1.29 is 0 Å². The zero-order valence-electron chi connectivity index (χ0n) is 25.2. The molecule has 0 bridgehead atoms. The van der Waals surface area contributed by atoms with Gasteiger partial charge in [0.1, 0.15) is 6.07 Å². The van der Waals surface area contributed by atoms with Crippen molar-refractivity contribution in [3.8, 4) is 28.6 Å². The number of nitriles is 1. The third kappa shape index (κ3) is 3.60. The van der Waals surface area contributed by atoms with Gasteiger partial charge in [-0.25, -0.2) is 0 Å². The van der Waals surface area contributed by atoms with Gasteiger partial charge in [-0.1, -0.05) is 115 Å². The van der Waals surface area contributed by atoms with Crippen LogP contribution >= 0.6 is 11.3 Å². The Morgan fingerprint density at radius 2 is 0.957 bits per heavy atom. The molecule has 0 spiro atoms. The molecule has 0 atom stereocenters. The van der Waals surface area contributed by atoms with Crippen LogP contribution in [0.25, 0.3) is 86.3 Å². The molecule has 218 valence electrons. The number of thiophene rings is 1. The summed E-state index contributed by atoms with van der Waals surface area (Å²) in [6.45, 7) is 0. The van der Waals surface area contributed by atoms with E-state index in [1.54, 1.807) is 0 Å². The summed E-state index contributed by atoms with van der Waals surface area (Å²) in [4.78, 5) is 0. The van der Waals surface area contributed by atoms with Gasteiger partial charge in [-0.05, 0) is 36.4 Å². The molecule has 0 saturated carbocycles. The van der Waals surface area contributed by atoms with E-state index in [0.717, 1.165) is 33.5 Å². The van der Waals surface area contributed by atoms with Gasteiger partial charge in [0, 0.05) is 53.8 Å². The van der Waals surface area contributed by atoms with E-state index in [0.29, 0.717) is 5.56 Å². The molecule has 0 saturated heterocycles. The quantitative estimate of drug-likeness (QED) is 0.195. The van der Waals surface area contributed by atoms with E-state index in [-0.39, 0.29) is 0 Å². The zero-order valence-corrected chi connectivity index (χ0v) is 26.0. The van der Waals surface area contributed by atoms with Crippen LogP contribution in [0.15, 0.2) is 152 Å². The van der Waals surface area contributed by atoms with Crippen molar-refractivity contribution in [1.82, 2.24) is 9.13 Å². The fraction of sp³-hybridized carbons (Fsp3) is 0. The fourth-order valence-corrected chi connectivity index (χ4v) is 8.98. The monoisotopic (exact) mass is 615 g/mol. The van der Waals surface area contributed by atoms with Gasteiger partial charge in [-0.3, -0.25) is 0 Å². The van der Waals surface area contributed by atoms with Crippen molar-refractivity contribution >= 4 is 75.1 Å². The molecule has 3 nitrogen and oxygen atoms in total. The van der Waals surface area contributed by atoms with Gasteiger partial charge in [0.05, 0.1) is 38.0 Å². The molecule has 47 heavy (non-hydrogen) atoms. The summed E-state index contributed by atoms with van der Waals surface area (Å²) < 4.78 is 7.19. The molecule has 0 amide bonds. The van der Waals surface area contributed by atoms with Gasteiger partial charge in [-0.2, -0.15) is 5.26 Å². The summed E-state index contributed by atoms with van der Waals surface area (Å²) in [6, 6.07) is 56.2. The molecule has 0 N–H and O–H groups in total. The first kappa shape index (κ1) is 26.1. The van der Waals surface area contributed by atoms with Crippen molar-refractivity contribution in [2.45, 2.75) is 0 Å². The van der Waals surface area contributed by atoms with Crippen LogP contribution in [0.1, 0.15) is 5.56 Å². The molecular formula is C43H25N3S. The summed E-state index contributed by atoms with van der Waals surface area (Å²) in [6.07, 6.45) is 0. The zero-order chi connectivity index (χ0) is 31.1. The molecule has 4 heteroatoms. The minimum atomic E-state index is 0.652. The molecule has 3 heterocycles. The summed E-state index contributed by atoms with van der Waals surface area (Å²) in [5, 5.41) is 17.9.